The molecule has 4 aliphatic carbocycles. The summed E-state index contributed by atoms with van der Waals surface area (Å²) in [6, 6.07) is 6.18. The van der Waals surface area contributed by atoms with Crippen LogP contribution in [0.5, 0.6) is 5.75 Å². The minimum Gasteiger partial charge on any atom is -0.481 e. The number of amides is 1. The number of rotatable bonds is 6. The van der Waals surface area contributed by atoms with Crippen molar-refractivity contribution < 1.29 is 13.9 Å². The van der Waals surface area contributed by atoms with E-state index < -0.39 is 5.82 Å². The summed E-state index contributed by atoms with van der Waals surface area (Å²) in [6.45, 7) is 0.591. The van der Waals surface area contributed by atoms with Crippen molar-refractivity contribution in [1.82, 2.24) is 5.32 Å². The van der Waals surface area contributed by atoms with Gasteiger partial charge in [-0.1, -0.05) is 12.1 Å². The first-order chi connectivity index (χ1) is 11.6. The van der Waals surface area contributed by atoms with E-state index in [0.29, 0.717) is 12.0 Å². The quantitative estimate of drug-likeness (QED) is 0.858. The number of hydrogen-bond acceptors (Lipinski definition) is 2. The Morgan fingerprint density at radius 2 is 1.75 bits per heavy atom. The summed E-state index contributed by atoms with van der Waals surface area (Å²) in [5.41, 5.74) is 0.481. The second-order valence-corrected chi connectivity index (χ2v) is 8.24. The predicted octanol–water partition coefficient (Wildman–Crippen LogP) is 3.93. The van der Waals surface area contributed by atoms with Gasteiger partial charge >= 0.3 is 0 Å². The van der Waals surface area contributed by atoms with Gasteiger partial charge in [-0.05, 0) is 80.2 Å². The van der Waals surface area contributed by atoms with E-state index in [9.17, 15) is 9.18 Å². The summed E-state index contributed by atoms with van der Waals surface area (Å²) in [5.74, 6) is 2.36. The lowest BCUT2D eigenvalue weighted by Crippen LogP contribution is -2.47. The SMILES string of the molecule is O=C(COc1ccccc1F)NCCC12CC3CC(CC(C3)C1)C2. The average molecular weight is 331 g/mol. The van der Waals surface area contributed by atoms with Gasteiger partial charge in [0.1, 0.15) is 0 Å². The van der Waals surface area contributed by atoms with Crippen LogP contribution in [0.25, 0.3) is 0 Å². The summed E-state index contributed by atoms with van der Waals surface area (Å²) in [6.07, 6.45) is 9.51. The molecule has 0 spiro atoms. The van der Waals surface area contributed by atoms with Gasteiger partial charge in [-0.3, -0.25) is 4.79 Å². The third kappa shape index (κ3) is 3.28. The molecule has 0 unspecified atom stereocenters. The molecule has 0 heterocycles. The highest BCUT2D eigenvalue weighted by atomic mass is 19.1. The first-order valence-electron chi connectivity index (χ1n) is 9.26. The minimum atomic E-state index is -0.432. The fraction of sp³-hybridized carbons (Fsp3) is 0.650. The molecule has 1 N–H and O–H groups in total. The number of carbonyl (C=O) groups excluding carboxylic acids is 1. The Bertz CT molecular complexity index is 580. The highest BCUT2D eigenvalue weighted by Crippen LogP contribution is 2.61. The second-order valence-electron chi connectivity index (χ2n) is 8.24. The number of hydrogen-bond donors (Lipinski definition) is 1. The molecule has 0 saturated heterocycles. The molecule has 1 aromatic rings. The molecule has 1 amide bonds. The van der Waals surface area contributed by atoms with Crippen LogP contribution in [0, 0.1) is 29.0 Å². The molecular weight excluding hydrogens is 305 g/mol. The Morgan fingerprint density at radius 1 is 1.12 bits per heavy atom. The fourth-order valence-electron chi connectivity index (χ4n) is 5.82. The minimum absolute atomic E-state index is 0.123. The van der Waals surface area contributed by atoms with Crippen molar-refractivity contribution in [1.29, 1.82) is 0 Å². The van der Waals surface area contributed by atoms with Crippen LogP contribution in [0.2, 0.25) is 0 Å². The van der Waals surface area contributed by atoms with E-state index in [1.807, 2.05) is 0 Å². The topological polar surface area (TPSA) is 38.3 Å². The molecule has 4 aliphatic rings. The monoisotopic (exact) mass is 331 g/mol. The van der Waals surface area contributed by atoms with Crippen molar-refractivity contribution in [2.24, 2.45) is 23.2 Å². The Kier molecular flexibility index (Phi) is 4.23. The standard InChI is InChI=1S/C20H26FNO2/c21-17-3-1-2-4-18(17)24-13-19(23)22-6-5-20-10-14-7-15(11-20)9-16(8-14)12-20/h1-4,14-16H,5-13H2,(H,22,23). The molecule has 5 rings (SSSR count). The number of para-hydroxylation sites is 1. The summed E-state index contributed by atoms with van der Waals surface area (Å²) < 4.78 is 18.7. The number of nitrogens with one attached hydrogen (secondary N) is 1. The third-order valence-corrected chi connectivity index (χ3v) is 6.34. The Labute approximate surface area is 143 Å². The molecular formula is C20H26FNO2. The molecule has 4 bridgehead atoms. The molecule has 0 atom stereocenters. The van der Waals surface area contributed by atoms with E-state index in [2.05, 4.69) is 5.32 Å². The van der Waals surface area contributed by atoms with Gasteiger partial charge in [0.25, 0.3) is 5.91 Å². The molecule has 0 aliphatic heterocycles. The smallest absolute Gasteiger partial charge is 0.257 e. The van der Waals surface area contributed by atoms with Gasteiger partial charge in [-0.2, -0.15) is 0 Å². The van der Waals surface area contributed by atoms with Crippen molar-refractivity contribution in [3.63, 3.8) is 0 Å². The summed E-state index contributed by atoms with van der Waals surface area (Å²) in [4.78, 5) is 12.0. The first kappa shape index (κ1) is 15.9. The lowest BCUT2D eigenvalue weighted by atomic mass is 9.49. The van der Waals surface area contributed by atoms with E-state index in [-0.39, 0.29) is 18.3 Å². The van der Waals surface area contributed by atoms with Gasteiger partial charge in [0.2, 0.25) is 0 Å². The van der Waals surface area contributed by atoms with Gasteiger partial charge in [-0.25, -0.2) is 4.39 Å². The molecule has 24 heavy (non-hydrogen) atoms. The summed E-state index contributed by atoms with van der Waals surface area (Å²) in [5, 5.41) is 2.96. The van der Waals surface area contributed by atoms with Crippen molar-refractivity contribution in [3.8, 4) is 5.75 Å². The molecule has 4 fully saturated rings. The van der Waals surface area contributed by atoms with E-state index in [0.717, 1.165) is 24.2 Å². The number of benzene rings is 1. The zero-order valence-corrected chi connectivity index (χ0v) is 14.1. The van der Waals surface area contributed by atoms with Gasteiger partial charge in [-0.15, -0.1) is 0 Å². The zero-order chi connectivity index (χ0) is 16.6. The van der Waals surface area contributed by atoms with Gasteiger partial charge in [0.15, 0.2) is 18.2 Å². The Balaban J connectivity index is 1.23. The number of ether oxygens (including phenoxy) is 1. The van der Waals surface area contributed by atoms with E-state index >= 15 is 0 Å². The number of carbonyl (C=O) groups is 1. The maximum absolute atomic E-state index is 13.5. The maximum atomic E-state index is 13.5. The lowest BCUT2D eigenvalue weighted by molar-refractivity contribution is -0.123. The predicted molar refractivity (Wildman–Crippen MR) is 90.1 cm³/mol. The fourth-order valence-corrected chi connectivity index (χ4v) is 5.82. The maximum Gasteiger partial charge on any atom is 0.257 e. The van der Waals surface area contributed by atoms with E-state index in [1.54, 1.807) is 12.1 Å². The molecule has 4 saturated carbocycles. The molecule has 0 radical (unpaired) electrons. The molecule has 4 heteroatoms. The van der Waals surface area contributed by atoms with Crippen LogP contribution >= 0.6 is 0 Å². The molecule has 1 aromatic carbocycles. The van der Waals surface area contributed by atoms with Gasteiger partial charge in [0.05, 0.1) is 0 Å². The molecule has 0 aromatic heterocycles. The highest BCUT2D eigenvalue weighted by Gasteiger charge is 2.50. The second kappa shape index (κ2) is 6.38. The van der Waals surface area contributed by atoms with Crippen LogP contribution in [-0.4, -0.2) is 19.1 Å². The van der Waals surface area contributed by atoms with Crippen molar-refractivity contribution in [2.75, 3.05) is 13.2 Å². The van der Waals surface area contributed by atoms with Crippen LogP contribution in [0.4, 0.5) is 4.39 Å². The van der Waals surface area contributed by atoms with Crippen LogP contribution in [0.3, 0.4) is 0 Å². The molecule has 130 valence electrons. The number of halogens is 1. The van der Waals surface area contributed by atoms with Crippen LogP contribution in [0.1, 0.15) is 44.9 Å². The molecule has 3 nitrogen and oxygen atoms in total. The Hall–Kier alpha value is -1.58. The summed E-state index contributed by atoms with van der Waals surface area (Å²) >= 11 is 0. The largest absolute Gasteiger partial charge is 0.481 e. The third-order valence-electron chi connectivity index (χ3n) is 6.34. The van der Waals surface area contributed by atoms with Crippen molar-refractivity contribution in [3.05, 3.63) is 30.1 Å². The Morgan fingerprint density at radius 3 is 2.38 bits per heavy atom. The van der Waals surface area contributed by atoms with Crippen molar-refractivity contribution >= 4 is 5.91 Å². The summed E-state index contributed by atoms with van der Waals surface area (Å²) in [7, 11) is 0. The zero-order valence-electron chi connectivity index (χ0n) is 14.1. The lowest BCUT2D eigenvalue weighted by Gasteiger charge is -2.57. The normalized spacial score (nSPS) is 33.5. The van der Waals surface area contributed by atoms with E-state index in [4.69, 9.17) is 4.74 Å². The van der Waals surface area contributed by atoms with Gasteiger partial charge in [0, 0.05) is 6.54 Å². The van der Waals surface area contributed by atoms with Crippen LogP contribution < -0.4 is 10.1 Å². The van der Waals surface area contributed by atoms with Gasteiger partial charge < -0.3 is 10.1 Å². The highest BCUT2D eigenvalue weighted by molar-refractivity contribution is 5.77. The average Bonchev–Trinajstić information content (AvgIpc) is 2.52. The first-order valence-corrected chi connectivity index (χ1v) is 9.26. The van der Waals surface area contributed by atoms with E-state index in [1.165, 1.54) is 50.7 Å². The van der Waals surface area contributed by atoms with Crippen LogP contribution in [0.15, 0.2) is 24.3 Å². The van der Waals surface area contributed by atoms with Crippen molar-refractivity contribution in [2.45, 2.75) is 44.9 Å². The van der Waals surface area contributed by atoms with Crippen LogP contribution in [-0.2, 0) is 4.79 Å².